The molecule has 16 heavy (non-hydrogen) atoms. The molecule has 0 aliphatic heterocycles. The van der Waals surface area contributed by atoms with Crippen molar-refractivity contribution in [3.05, 3.63) is 0 Å². The highest BCUT2D eigenvalue weighted by atomic mass is 16.5. The molecule has 0 aromatic heterocycles. The first kappa shape index (κ1) is 14.7. The van der Waals surface area contributed by atoms with Crippen LogP contribution in [-0.2, 0) is 9.53 Å². The third-order valence-corrected chi connectivity index (χ3v) is 2.15. The first-order chi connectivity index (χ1) is 7.46. The fraction of sp³-hybridized carbons (Fsp3) is 0.800. The minimum Gasteiger partial charge on any atom is -0.479 e. The molecule has 0 aliphatic rings. The van der Waals surface area contributed by atoms with Gasteiger partial charge in [-0.25, -0.2) is 9.59 Å². The zero-order chi connectivity index (χ0) is 12.6. The molecule has 0 aliphatic carbocycles. The lowest BCUT2D eigenvalue weighted by atomic mass is 10.1. The molecule has 0 radical (unpaired) electrons. The Kier molecular flexibility index (Phi) is 6.48. The van der Waals surface area contributed by atoms with Crippen LogP contribution in [0.2, 0.25) is 0 Å². The van der Waals surface area contributed by atoms with E-state index in [0.717, 1.165) is 19.3 Å². The van der Waals surface area contributed by atoms with Crippen LogP contribution in [0.4, 0.5) is 4.79 Å². The molecule has 0 spiro atoms. The Bertz CT molecular complexity index is 243. The quantitative estimate of drug-likeness (QED) is 0.563. The summed E-state index contributed by atoms with van der Waals surface area (Å²) < 4.78 is 4.77. The largest absolute Gasteiger partial charge is 0.479 e. The number of rotatable bonds is 7. The lowest BCUT2D eigenvalue weighted by Gasteiger charge is -2.22. The monoisotopic (exact) mass is 233 g/mol. The number of carboxylic acids is 1. The zero-order valence-electron chi connectivity index (χ0n) is 9.65. The van der Waals surface area contributed by atoms with Gasteiger partial charge in [0.25, 0.3) is 0 Å². The summed E-state index contributed by atoms with van der Waals surface area (Å²) in [6, 6.07) is 0. The van der Waals surface area contributed by atoms with E-state index in [4.69, 9.17) is 14.9 Å². The van der Waals surface area contributed by atoms with Gasteiger partial charge in [-0.15, -0.1) is 0 Å². The summed E-state index contributed by atoms with van der Waals surface area (Å²) in [5, 5.41) is 19.7. The highest BCUT2D eigenvalue weighted by Crippen LogP contribution is 2.03. The second-order valence-corrected chi connectivity index (χ2v) is 3.76. The van der Waals surface area contributed by atoms with E-state index >= 15 is 0 Å². The van der Waals surface area contributed by atoms with Gasteiger partial charge in [0.05, 0.1) is 13.2 Å². The molecule has 0 rings (SSSR count). The van der Waals surface area contributed by atoms with Crippen LogP contribution in [0.1, 0.15) is 33.1 Å². The summed E-state index contributed by atoms with van der Waals surface area (Å²) >= 11 is 0. The average Bonchev–Trinajstić information content (AvgIpc) is 2.24. The molecular weight excluding hydrogens is 214 g/mol. The average molecular weight is 233 g/mol. The standard InChI is InChI=1S/C10H19NO5/c1-3-4-5-6-16-9(15)11-10(2,7-12)8(13)14/h12H,3-7H2,1-2H3,(H,11,15)(H,13,14)/t10-/m0/s1. The first-order valence-corrected chi connectivity index (χ1v) is 5.25. The summed E-state index contributed by atoms with van der Waals surface area (Å²) in [7, 11) is 0. The van der Waals surface area contributed by atoms with Crippen molar-refractivity contribution in [3.63, 3.8) is 0 Å². The molecule has 6 heteroatoms. The molecule has 1 amide bonds. The van der Waals surface area contributed by atoms with Crippen LogP contribution >= 0.6 is 0 Å². The highest BCUT2D eigenvalue weighted by Gasteiger charge is 2.34. The summed E-state index contributed by atoms with van der Waals surface area (Å²) in [4.78, 5) is 21.9. The van der Waals surface area contributed by atoms with Crippen LogP contribution in [-0.4, -0.2) is 41.0 Å². The summed E-state index contributed by atoms with van der Waals surface area (Å²) in [5.41, 5.74) is -1.69. The number of alkyl carbamates (subject to hydrolysis) is 1. The van der Waals surface area contributed by atoms with Crippen LogP contribution < -0.4 is 5.32 Å². The SMILES string of the molecule is CCCCCOC(=O)N[C@@](C)(CO)C(=O)O. The second kappa shape index (κ2) is 7.05. The zero-order valence-corrected chi connectivity index (χ0v) is 9.65. The van der Waals surface area contributed by atoms with Gasteiger partial charge >= 0.3 is 12.1 Å². The molecule has 6 nitrogen and oxygen atoms in total. The van der Waals surface area contributed by atoms with Crippen LogP contribution in [0.15, 0.2) is 0 Å². The number of aliphatic carboxylic acids is 1. The molecule has 0 saturated carbocycles. The van der Waals surface area contributed by atoms with E-state index in [1.54, 1.807) is 0 Å². The van der Waals surface area contributed by atoms with Crippen molar-refractivity contribution >= 4 is 12.1 Å². The Morgan fingerprint density at radius 1 is 1.38 bits per heavy atom. The number of ether oxygens (including phenoxy) is 1. The van der Waals surface area contributed by atoms with E-state index in [-0.39, 0.29) is 6.61 Å². The third-order valence-electron chi connectivity index (χ3n) is 2.15. The minimum absolute atomic E-state index is 0.251. The molecule has 0 fully saturated rings. The maximum absolute atomic E-state index is 11.2. The molecule has 0 unspecified atom stereocenters. The van der Waals surface area contributed by atoms with Gasteiger partial charge in [0.15, 0.2) is 5.54 Å². The highest BCUT2D eigenvalue weighted by molar-refractivity contribution is 5.84. The number of hydrogen-bond donors (Lipinski definition) is 3. The van der Waals surface area contributed by atoms with E-state index in [2.05, 4.69) is 5.32 Å². The van der Waals surface area contributed by atoms with Crippen LogP contribution in [0, 0.1) is 0 Å². The number of carbonyl (C=O) groups is 2. The first-order valence-electron chi connectivity index (χ1n) is 5.25. The van der Waals surface area contributed by atoms with E-state index in [9.17, 15) is 9.59 Å². The molecule has 0 aromatic rings. The number of aliphatic hydroxyl groups excluding tert-OH is 1. The van der Waals surface area contributed by atoms with Gasteiger partial charge in [0, 0.05) is 0 Å². The van der Waals surface area contributed by atoms with Crippen molar-refractivity contribution in [2.24, 2.45) is 0 Å². The Morgan fingerprint density at radius 2 is 2.00 bits per heavy atom. The number of nitrogens with one attached hydrogen (secondary N) is 1. The molecule has 0 heterocycles. The Morgan fingerprint density at radius 3 is 2.44 bits per heavy atom. The van der Waals surface area contributed by atoms with Crippen molar-refractivity contribution in [1.82, 2.24) is 5.32 Å². The van der Waals surface area contributed by atoms with Gasteiger partial charge in [-0.3, -0.25) is 0 Å². The molecule has 3 N–H and O–H groups in total. The van der Waals surface area contributed by atoms with Gasteiger partial charge in [-0.05, 0) is 13.3 Å². The fourth-order valence-electron chi connectivity index (χ4n) is 0.939. The van der Waals surface area contributed by atoms with E-state index in [1.165, 1.54) is 6.92 Å². The van der Waals surface area contributed by atoms with Crippen LogP contribution in [0.5, 0.6) is 0 Å². The maximum Gasteiger partial charge on any atom is 0.408 e. The number of carbonyl (C=O) groups excluding carboxylic acids is 1. The summed E-state index contributed by atoms with van der Waals surface area (Å²) in [6.07, 6.45) is 1.88. The van der Waals surface area contributed by atoms with Crippen LogP contribution in [0.25, 0.3) is 0 Å². The predicted molar refractivity (Wildman–Crippen MR) is 57.1 cm³/mol. The molecule has 0 saturated heterocycles. The lowest BCUT2D eigenvalue weighted by molar-refractivity contribution is -0.145. The van der Waals surface area contributed by atoms with E-state index in [1.807, 2.05) is 6.92 Å². The molecule has 0 bridgehead atoms. The van der Waals surface area contributed by atoms with Gasteiger partial charge < -0.3 is 20.3 Å². The van der Waals surface area contributed by atoms with Crippen LogP contribution in [0.3, 0.4) is 0 Å². The van der Waals surface area contributed by atoms with Gasteiger partial charge in [-0.2, -0.15) is 0 Å². The van der Waals surface area contributed by atoms with Crippen molar-refractivity contribution < 1.29 is 24.5 Å². The molecular formula is C10H19NO5. The summed E-state index contributed by atoms with van der Waals surface area (Å²) in [5.74, 6) is -1.31. The number of hydrogen-bond acceptors (Lipinski definition) is 4. The number of amides is 1. The van der Waals surface area contributed by atoms with E-state index < -0.39 is 24.2 Å². The van der Waals surface area contributed by atoms with E-state index in [0.29, 0.717) is 0 Å². The topological polar surface area (TPSA) is 95.9 Å². The smallest absolute Gasteiger partial charge is 0.408 e. The van der Waals surface area contributed by atoms with Gasteiger partial charge in [0.2, 0.25) is 0 Å². The fourth-order valence-corrected chi connectivity index (χ4v) is 0.939. The lowest BCUT2D eigenvalue weighted by Crippen LogP contribution is -2.55. The van der Waals surface area contributed by atoms with Crippen molar-refractivity contribution in [3.8, 4) is 0 Å². The third kappa shape index (κ3) is 4.97. The number of carboxylic acid groups (broad SMARTS) is 1. The second-order valence-electron chi connectivity index (χ2n) is 3.76. The van der Waals surface area contributed by atoms with Gasteiger partial charge in [0.1, 0.15) is 0 Å². The molecule has 0 aromatic carbocycles. The summed E-state index contributed by atoms with van der Waals surface area (Å²) in [6.45, 7) is 2.79. The number of unbranched alkanes of at least 4 members (excludes halogenated alkanes) is 2. The molecule has 94 valence electrons. The Balaban J connectivity index is 3.98. The Labute approximate surface area is 94.6 Å². The van der Waals surface area contributed by atoms with Crippen molar-refractivity contribution in [2.75, 3.05) is 13.2 Å². The maximum atomic E-state index is 11.2. The minimum atomic E-state index is -1.69. The predicted octanol–water partition coefficient (Wildman–Crippen LogP) is 0.738. The molecule has 1 atom stereocenters. The Hall–Kier alpha value is -1.30. The van der Waals surface area contributed by atoms with Gasteiger partial charge in [-0.1, -0.05) is 19.8 Å². The number of aliphatic hydroxyl groups is 1. The van der Waals surface area contributed by atoms with Crippen molar-refractivity contribution in [2.45, 2.75) is 38.6 Å². The normalized spacial score (nSPS) is 13.9. The van der Waals surface area contributed by atoms with Crippen molar-refractivity contribution in [1.29, 1.82) is 0 Å².